The summed E-state index contributed by atoms with van der Waals surface area (Å²) in [6.45, 7) is 0.565. The first kappa shape index (κ1) is 12.2. The van der Waals surface area contributed by atoms with E-state index in [0.717, 1.165) is 29.4 Å². The molecule has 0 unspecified atom stereocenters. The number of nitrogen functional groups attached to an aromatic ring is 1. The normalized spacial score (nSPS) is 21.9. The summed E-state index contributed by atoms with van der Waals surface area (Å²) in [6, 6.07) is 2.29. The maximum absolute atomic E-state index is 5.80. The number of nitrogens with two attached hydrogens (primary N) is 2. The molecule has 0 aliphatic heterocycles. The Hall–Kier alpha value is -1.80. The highest BCUT2D eigenvalue weighted by molar-refractivity contribution is 7.15. The van der Waals surface area contributed by atoms with Gasteiger partial charge < -0.3 is 16.8 Å². The van der Waals surface area contributed by atoms with Gasteiger partial charge in [-0.3, -0.25) is 0 Å². The van der Waals surface area contributed by atoms with Crippen molar-refractivity contribution in [3.63, 3.8) is 0 Å². The molecule has 2 heterocycles. The second kappa shape index (κ2) is 5.06. The summed E-state index contributed by atoms with van der Waals surface area (Å²) in [7, 11) is 0. The molecule has 1 aliphatic rings. The zero-order chi connectivity index (χ0) is 13.2. The summed E-state index contributed by atoms with van der Waals surface area (Å²) in [4.78, 5) is 8.50. The van der Waals surface area contributed by atoms with Crippen molar-refractivity contribution in [2.45, 2.75) is 31.3 Å². The fourth-order valence-corrected chi connectivity index (χ4v) is 2.65. The van der Waals surface area contributed by atoms with E-state index in [4.69, 9.17) is 11.5 Å². The van der Waals surface area contributed by atoms with Gasteiger partial charge in [-0.05, 0) is 12.8 Å². The van der Waals surface area contributed by atoms with E-state index in [1.807, 2.05) is 6.07 Å². The Labute approximate surface area is 114 Å². The van der Waals surface area contributed by atoms with Crippen LogP contribution in [-0.4, -0.2) is 26.2 Å². The molecule has 0 aromatic carbocycles. The maximum atomic E-state index is 5.80. The number of rotatable bonds is 4. The van der Waals surface area contributed by atoms with Crippen LogP contribution in [0, 0.1) is 0 Å². The molecule has 3 rings (SSSR count). The van der Waals surface area contributed by atoms with Gasteiger partial charge in [0.2, 0.25) is 5.13 Å². The molecule has 0 bridgehead atoms. The Morgan fingerprint density at radius 1 is 1.32 bits per heavy atom. The minimum atomic E-state index is 0.320. The van der Waals surface area contributed by atoms with Gasteiger partial charge in [-0.1, -0.05) is 11.3 Å². The largest absolute Gasteiger partial charge is 0.374 e. The van der Waals surface area contributed by atoms with Crippen LogP contribution in [0.15, 0.2) is 12.4 Å². The number of hydrogen-bond donors (Lipinski definition) is 3. The first-order chi connectivity index (χ1) is 9.20. The average molecular weight is 277 g/mol. The number of nitrogens with zero attached hydrogens (tertiary/aromatic N) is 4. The van der Waals surface area contributed by atoms with E-state index in [0.29, 0.717) is 23.6 Å². The highest BCUT2D eigenvalue weighted by Crippen LogP contribution is 2.34. The third-order valence-electron chi connectivity index (χ3n) is 3.18. The maximum Gasteiger partial charge on any atom is 0.203 e. The minimum absolute atomic E-state index is 0.320. The van der Waals surface area contributed by atoms with Crippen LogP contribution in [0.4, 0.5) is 10.9 Å². The number of hydrogen-bond acceptors (Lipinski definition) is 8. The summed E-state index contributed by atoms with van der Waals surface area (Å²) >= 11 is 1.37. The van der Waals surface area contributed by atoms with Gasteiger partial charge in [-0.15, -0.1) is 10.2 Å². The van der Waals surface area contributed by atoms with Crippen LogP contribution >= 0.6 is 11.3 Å². The molecule has 1 fully saturated rings. The average Bonchev–Trinajstić information content (AvgIpc) is 2.79. The first-order valence-electron chi connectivity index (χ1n) is 6.10. The monoisotopic (exact) mass is 277 g/mol. The lowest BCUT2D eigenvalue weighted by molar-refractivity contribution is 0.345. The smallest absolute Gasteiger partial charge is 0.203 e. The van der Waals surface area contributed by atoms with E-state index in [1.165, 1.54) is 11.3 Å². The molecule has 7 nitrogen and oxygen atoms in total. The van der Waals surface area contributed by atoms with E-state index < -0.39 is 0 Å². The molecule has 1 saturated carbocycles. The van der Waals surface area contributed by atoms with Gasteiger partial charge in [-0.25, -0.2) is 9.97 Å². The van der Waals surface area contributed by atoms with Crippen LogP contribution in [0.1, 0.15) is 29.5 Å². The van der Waals surface area contributed by atoms with Crippen molar-refractivity contribution in [1.29, 1.82) is 0 Å². The number of nitrogens with one attached hydrogen (secondary N) is 1. The van der Waals surface area contributed by atoms with Crippen LogP contribution in [0.5, 0.6) is 0 Å². The first-order valence-corrected chi connectivity index (χ1v) is 6.91. The van der Waals surface area contributed by atoms with E-state index in [9.17, 15) is 0 Å². The summed E-state index contributed by atoms with van der Waals surface area (Å²) < 4.78 is 0. The lowest BCUT2D eigenvalue weighted by atomic mass is 9.79. The quantitative estimate of drug-likeness (QED) is 0.754. The molecule has 100 valence electrons. The summed E-state index contributed by atoms with van der Waals surface area (Å²) in [5.41, 5.74) is 12.4. The van der Waals surface area contributed by atoms with Gasteiger partial charge in [0.25, 0.3) is 0 Å². The predicted octanol–water partition coefficient (Wildman–Crippen LogP) is 0.727. The molecule has 0 radical (unpaired) electrons. The molecule has 2 aromatic heterocycles. The van der Waals surface area contributed by atoms with Crippen molar-refractivity contribution in [1.82, 2.24) is 20.2 Å². The molecule has 0 spiro atoms. The standard InChI is InChI=1S/C11H15N7S/c12-7-1-6(2-7)8-3-9(16-5-15-8)14-4-10-17-18-11(13)19-10/h3,5-7H,1-2,4,12H2,(H2,13,18)(H,14,15,16). The second-order valence-corrected chi connectivity index (χ2v) is 5.74. The molecule has 19 heavy (non-hydrogen) atoms. The van der Waals surface area contributed by atoms with Crippen molar-refractivity contribution >= 4 is 22.3 Å². The highest BCUT2D eigenvalue weighted by Gasteiger charge is 2.28. The predicted molar refractivity (Wildman–Crippen MR) is 73.6 cm³/mol. The topological polar surface area (TPSA) is 116 Å². The Morgan fingerprint density at radius 2 is 2.16 bits per heavy atom. The van der Waals surface area contributed by atoms with Gasteiger partial charge in [-0.2, -0.15) is 0 Å². The Kier molecular flexibility index (Phi) is 3.26. The fraction of sp³-hybridized carbons (Fsp3) is 0.455. The lowest BCUT2D eigenvalue weighted by Gasteiger charge is -2.31. The molecule has 5 N–H and O–H groups in total. The molecule has 8 heteroatoms. The van der Waals surface area contributed by atoms with Gasteiger partial charge in [0, 0.05) is 23.7 Å². The molecular formula is C11H15N7S. The number of anilines is 2. The minimum Gasteiger partial charge on any atom is -0.374 e. The van der Waals surface area contributed by atoms with Crippen molar-refractivity contribution in [3.05, 3.63) is 23.1 Å². The highest BCUT2D eigenvalue weighted by atomic mass is 32.1. The van der Waals surface area contributed by atoms with Crippen LogP contribution in [-0.2, 0) is 6.54 Å². The van der Waals surface area contributed by atoms with E-state index >= 15 is 0 Å². The molecular weight excluding hydrogens is 262 g/mol. The van der Waals surface area contributed by atoms with Gasteiger partial charge >= 0.3 is 0 Å². The lowest BCUT2D eigenvalue weighted by Crippen LogP contribution is -2.35. The van der Waals surface area contributed by atoms with Crippen molar-refractivity contribution < 1.29 is 0 Å². The Morgan fingerprint density at radius 3 is 2.84 bits per heavy atom. The summed E-state index contributed by atoms with van der Waals surface area (Å²) in [5, 5.41) is 12.2. The zero-order valence-electron chi connectivity index (χ0n) is 10.3. The Balaban J connectivity index is 1.63. The SMILES string of the molecule is Nc1nnc(CNc2cc(C3CC(N)C3)ncn2)s1. The van der Waals surface area contributed by atoms with Gasteiger partial charge in [0.15, 0.2) is 0 Å². The molecule has 2 aromatic rings. The van der Waals surface area contributed by atoms with Gasteiger partial charge in [0.1, 0.15) is 17.2 Å². The third kappa shape index (κ3) is 2.79. The van der Waals surface area contributed by atoms with Crippen molar-refractivity contribution in [2.24, 2.45) is 5.73 Å². The third-order valence-corrected chi connectivity index (χ3v) is 3.94. The van der Waals surface area contributed by atoms with Crippen molar-refractivity contribution in [2.75, 3.05) is 11.1 Å². The van der Waals surface area contributed by atoms with Crippen LogP contribution in [0.2, 0.25) is 0 Å². The molecule has 0 amide bonds. The summed E-state index contributed by atoms with van der Waals surface area (Å²) in [5.74, 6) is 1.26. The fourth-order valence-electron chi connectivity index (χ4n) is 2.10. The van der Waals surface area contributed by atoms with Crippen molar-refractivity contribution in [3.8, 4) is 0 Å². The van der Waals surface area contributed by atoms with Gasteiger partial charge in [0.05, 0.1) is 6.54 Å². The molecule has 0 atom stereocenters. The second-order valence-electron chi connectivity index (χ2n) is 4.64. The van der Waals surface area contributed by atoms with Crippen LogP contribution in [0.25, 0.3) is 0 Å². The van der Waals surface area contributed by atoms with E-state index in [-0.39, 0.29) is 0 Å². The molecule has 1 aliphatic carbocycles. The zero-order valence-corrected chi connectivity index (χ0v) is 11.1. The number of aromatic nitrogens is 4. The summed E-state index contributed by atoms with van der Waals surface area (Å²) in [6.07, 6.45) is 3.59. The molecule has 0 saturated heterocycles. The van der Waals surface area contributed by atoms with Crippen LogP contribution in [0.3, 0.4) is 0 Å². The van der Waals surface area contributed by atoms with Crippen LogP contribution < -0.4 is 16.8 Å². The van der Waals surface area contributed by atoms with E-state index in [1.54, 1.807) is 6.33 Å². The Bertz CT molecular complexity index is 564. The van der Waals surface area contributed by atoms with E-state index in [2.05, 4.69) is 25.5 Å².